The number of nitrogens with zero attached hydrogens (tertiary/aromatic N) is 2. The van der Waals surface area contributed by atoms with Crippen molar-refractivity contribution < 1.29 is 9.47 Å². The Kier molecular flexibility index (Phi) is 5.88. The first-order chi connectivity index (χ1) is 7.74. The molecule has 0 amide bonds. The Morgan fingerprint density at radius 2 is 2.19 bits per heavy atom. The minimum Gasteiger partial charge on any atom is -0.474 e. The minimum atomic E-state index is 0.145. The van der Waals surface area contributed by atoms with Gasteiger partial charge in [0.05, 0.1) is 12.8 Å². The molecule has 90 valence electrons. The second kappa shape index (κ2) is 7.24. The van der Waals surface area contributed by atoms with Gasteiger partial charge in [0, 0.05) is 6.61 Å². The summed E-state index contributed by atoms with van der Waals surface area (Å²) in [6.07, 6.45) is 3.59. The summed E-state index contributed by atoms with van der Waals surface area (Å²) in [7, 11) is 0. The van der Waals surface area contributed by atoms with E-state index in [4.69, 9.17) is 26.8 Å². The van der Waals surface area contributed by atoms with Crippen molar-refractivity contribution >= 4 is 17.5 Å². The van der Waals surface area contributed by atoms with Crippen LogP contribution in [0, 0.1) is 0 Å². The number of anilines is 1. The number of halogens is 1. The standard InChI is InChI=1S/C10H16ClN3O2/c1-2-3-4-15-5-6-16-9-8(11)7-13-10(12)14-9/h7H,2-6H2,1H3,(H2,12,13,14). The van der Waals surface area contributed by atoms with Gasteiger partial charge in [0.2, 0.25) is 11.8 Å². The van der Waals surface area contributed by atoms with Gasteiger partial charge in [-0.1, -0.05) is 24.9 Å². The molecule has 0 bridgehead atoms. The van der Waals surface area contributed by atoms with E-state index < -0.39 is 0 Å². The van der Waals surface area contributed by atoms with Crippen molar-refractivity contribution in [2.45, 2.75) is 19.8 Å². The molecule has 0 saturated carbocycles. The van der Waals surface area contributed by atoms with Gasteiger partial charge in [-0.25, -0.2) is 4.98 Å². The summed E-state index contributed by atoms with van der Waals surface area (Å²) in [5.41, 5.74) is 5.41. The van der Waals surface area contributed by atoms with Crippen LogP contribution in [0.4, 0.5) is 5.95 Å². The van der Waals surface area contributed by atoms with Crippen LogP contribution < -0.4 is 10.5 Å². The van der Waals surface area contributed by atoms with Crippen LogP contribution in [0.3, 0.4) is 0 Å². The average Bonchev–Trinajstić information content (AvgIpc) is 2.28. The SMILES string of the molecule is CCCCOCCOc1nc(N)ncc1Cl. The fourth-order valence-corrected chi connectivity index (χ4v) is 1.16. The normalized spacial score (nSPS) is 10.4. The molecule has 0 aliphatic rings. The molecule has 1 aromatic heterocycles. The molecule has 0 spiro atoms. The Morgan fingerprint density at radius 1 is 1.38 bits per heavy atom. The van der Waals surface area contributed by atoms with Crippen molar-refractivity contribution in [2.24, 2.45) is 0 Å². The fourth-order valence-electron chi connectivity index (χ4n) is 1.01. The van der Waals surface area contributed by atoms with Gasteiger partial charge < -0.3 is 15.2 Å². The van der Waals surface area contributed by atoms with Crippen LogP contribution in [0.2, 0.25) is 5.02 Å². The Balaban J connectivity index is 2.23. The van der Waals surface area contributed by atoms with E-state index in [1.165, 1.54) is 6.20 Å². The monoisotopic (exact) mass is 245 g/mol. The summed E-state index contributed by atoms with van der Waals surface area (Å²) in [5.74, 6) is 0.444. The molecule has 0 radical (unpaired) electrons. The van der Waals surface area contributed by atoms with Crippen molar-refractivity contribution in [1.82, 2.24) is 9.97 Å². The lowest BCUT2D eigenvalue weighted by Crippen LogP contribution is -2.09. The molecule has 0 unspecified atom stereocenters. The topological polar surface area (TPSA) is 70.3 Å². The van der Waals surface area contributed by atoms with Gasteiger partial charge >= 0.3 is 0 Å². The van der Waals surface area contributed by atoms with Crippen molar-refractivity contribution in [3.8, 4) is 5.88 Å². The van der Waals surface area contributed by atoms with Gasteiger partial charge in [0.1, 0.15) is 11.6 Å². The molecular formula is C10H16ClN3O2. The van der Waals surface area contributed by atoms with Gasteiger partial charge in [-0.3, -0.25) is 0 Å². The molecule has 1 rings (SSSR count). The first-order valence-corrected chi connectivity index (χ1v) is 5.60. The molecule has 0 fully saturated rings. The van der Waals surface area contributed by atoms with Crippen LogP contribution in [-0.4, -0.2) is 29.8 Å². The average molecular weight is 246 g/mol. The highest BCUT2D eigenvalue weighted by Gasteiger charge is 2.04. The van der Waals surface area contributed by atoms with E-state index in [9.17, 15) is 0 Å². The van der Waals surface area contributed by atoms with Crippen molar-refractivity contribution in [2.75, 3.05) is 25.6 Å². The van der Waals surface area contributed by atoms with E-state index in [1.807, 2.05) is 0 Å². The minimum absolute atomic E-state index is 0.145. The maximum absolute atomic E-state index is 5.81. The number of hydrogen-bond donors (Lipinski definition) is 1. The zero-order chi connectivity index (χ0) is 11.8. The Morgan fingerprint density at radius 3 is 2.94 bits per heavy atom. The number of ether oxygens (including phenoxy) is 2. The van der Waals surface area contributed by atoms with Crippen LogP contribution >= 0.6 is 11.6 Å². The number of aromatic nitrogens is 2. The number of nitrogen functional groups attached to an aromatic ring is 1. The van der Waals surface area contributed by atoms with Crippen molar-refractivity contribution in [3.05, 3.63) is 11.2 Å². The molecule has 0 aliphatic carbocycles. The second-order valence-corrected chi connectivity index (χ2v) is 3.60. The van der Waals surface area contributed by atoms with Crippen LogP contribution in [0.25, 0.3) is 0 Å². The molecular weight excluding hydrogens is 230 g/mol. The van der Waals surface area contributed by atoms with Crippen molar-refractivity contribution in [3.63, 3.8) is 0 Å². The number of nitrogens with two attached hydrogens (primary N) is 1. The first kappa shape index (κ1) is 13.0. The van der Waals surface area contributed by atoms with Crippen LogP contribution in [-0.2, 0) is 4.74 Å². The maximum Gasteiger partial charge on any atom is 0.237 e. The van der Waals surface area contributed by atoms with Gasteiger partial charge in [-0.15, -0.1) is 0 Å². The van der Waals surface area contributed by atoms with E-state index in [2.05, 4.69) is 16.9 Å². The maximum atomic E-state index is 5.81. The predicted molar refractivity (Wildman–Crippen MR) is 62.7 cm³/mol. The van der Waals surface area contributed by atoms with E-state index >= 15 is 0 Å². The lowest BCUT2D eigenvalue weighted by molar-refractivity contribution is 0.0965. The third-order valence-corrected chi connectivity index (χ3v) is 2.10. The zero-order valence-corrected chi connectivity index (χ0v) is 10.0. The second-order valence-electron chi connectivity index (χ2n) is 3.20. The van der Waals surface area contributed by atoms with E-state index in [0.29, 0.717) is 24.1 Å². The smallest absolute Gasteiger partial charge is 0.237 e. The largest absolute Gasteiger partial charge is 0.474 e. The highest BCUT2D eigenvalue weighted by Crippen LogP contribution is 2.20. The summed E-state index contributed by atoms with van der Waals surface area (Å²) >= 11 is 5.81. The van der Waals surface area contributed by atoms with E-state index in [-0.39, 0.29) is 5.95 Å². The lowest BCUT2D eigenvalue weighted by atomic mass is 10.4. The van der Waals surface area contributed by atoms with Crippen LogP contribution in [0.15, 0.2) is 6.20 Å². The summed E-state index contributed by atoms with van der Waals surface area (Å²) in [6.45, 7) is 3.78. The molecule has 5 nitrogen and oxygen atoms in total. The van der Waals surface area contributed by atoms with Gasteiger partial charge in [-0.2, -0.15) is 4.98 Å². The van der Waals surface area contributed by atoms with Gasteiger partial charge in [0.25, 0.3) is 0 Å². The molecule has 16 heavy (non-hydrogen) atoms. The highest BCUT2D eigenvalue weighted by molar-refractivity contribution is 6.31. The van der Waals surface area contributed by atoms with E-state index in [0.717, 1.165) is 19.4 Å². The summed E-state index contributed by atoms with van der Waals surface area (Å²) in [5, 5.41) is 0.350. The van der Waals surface area contributed by atoms with Gasteiger partial charge in [0.15, 0.2) is 0 Å². The Labute approximate surface area is 99.9 Å². The van der Waals surface area contributed by atoms with Crippen LogP contribution in [0.1, 0.15) is 19.8 Å². The molecule has 2 N–H and O–H groups in total. The van der Waals surface area contributed by atoms with E-state index in [1.54, 1.807) is 0 Å². The molecule has 6 heteroatoms. The quantitative estimate of drug-likeness (QED) is 0.743. The van der Waals surface area contributed by atoms with Gasteiger partial charge in [-0.05, 0) is 6.42 Å². The zero-order valence-electron chi connectivity index (χ0n) is 9.28. The summed E-state index contributed by atoms with van der Waals surface area (Å²) in [6, 6.07) is 0. The molecule has 1 aromatic rings. The predicted octanol–water partition coefficient (Wildman–Crippen LogP) is 1.91. The Bertz CT molecular complexity index is 323. The molecule has 0 aromatic carbocycles. The number of rotatable bonds is 7. The summed E-state index contributed by atoms with van der Waals surface area (Å²) in [4.78, 5) is 7.60. The third kappa shape index (κ3) is 4.63. The molecule has 0 saturated heterocycles. The van der Waals surface area contributed by atoms with Crippen LogP contribution in [0.5, 0.6) is 5.88 Å². The fraction of sp³-hybridized carbons (Fsp3) is 0.600. The number of unbranched alkanes of at least 4 members (excludes halogenated alkanes) is 1. The first-order valence-electron chi connectivity index (χ1n) is 5.22. The molecule has 0 atom stereocenters. The third-order valence-electron chi connectivity index (χ3n) is 1.84. The Hall–Kier alpha value is -1.07. The number of hydrogen-bond acceptors (Lipinski definition) is 5. The summed E-state index contributed by atoms with van der Waals surface area (Å²) < 4.78 is 10.6. The highest BCUT2D eigenvalue weighted by atomic mass is 35.5. The van der Waals surface area contributed by atoms with Crippen molar-refractivity contribution in [1.29, 1.82) is 0 Å². The molecule has 1 heterocycles. The lowest BCUT2D eigenvalue weighted by Gasteiger charge is -2.07. The molecule has 0 aliphatic heterocycles.